The Morgan fingerprint density at radius 2 is 1.74 bits per heavy atom. The summed E-state index contributed by atoms with van der Waals surface area (Å²) in [6.45, 7) is 6.30. The third-order valence-corrected chi connectivity index (χ3v) is 3.34. The van der Waals surface area contributed by atoms with Crippen molar-refractivity contribution in [3.63, 3.8) is 0 Å². The van der Waals surface area contributed by atoms with Gasteiger partial charge in [0.15, 0.2) is 0 Å². The topological polar surface area (TPSA) is 21.6 Å². The molecule has 19 heavy (non-hydrogen) atoms. The normalized spacial score (nSPS) is 12.8. The monoisotopic (exact) mass is 287 g/mol. The van der Waals surface area contributed by atoms with Crippen LogP contribution in [-0.4, -0.2) is 11.6 Å². The van der Waals surface area contributed by atoms with E-state index >= 15 is 0 Å². The average molecular weight is 288 g/mol. The first kappa shape index (κ1) is 18.5. The van der Waals surface area contributed by atoms with Crippen molar-refractivity contribution in [1.82, 2.24) is 0 Å². The maximum atomic E-state index is 5.68. The average Bonchev–Trinajstić information content (AvgIpc) is 2.44. The molecule has 0 aliphatic heterocycles. The van der Waals surface area contributed by atoms with Crippen molar-refractivity contribution in [2.24, 2.45) is 5.16 Å². The Balaban J connectivity index is 3.93. The van der Waals surface area contributed by atoms with Gasteiger partial charge in [-0.2, -0.15) is 0 Å². The zero-order chi connectivity index (χ0) is 14.3. The van der Waals surface area contributed by atoms with Crippen LogP contribution >= 0.6 is 11.6 Å². The van der Waals surface area contributed by atoms with E-state index in [1.54, 1.807) is 0 Å². The van der Waals surface area contributed by atoms with Crippen molar-refractivity contribution in [3.05, 3.63) is 11.8 Å². The summed E-state index contributed by atoms with van der Waals surface area (Å²) in [5.41, 5.74) is 0.826. The highest BCUT2D eigenvalue weighted by molar-refractivity contribution is 6.28. The van der Waals surface area contributed by atoms with E-state index in [-0.39, 0.29) is 0 Å². The van der Waals surface area contributed by atoms with Crippen LogP contribution in [0.1, 0.15) is 78.6 Å². The van der Waals surface area contributed by atoms with Gasteiger partial charge in [0.1, 0.15) is 5.76 Å². The number of rotatable bonds is 12. The number of allylic oxidation sites excluding steroid dienone is 2. The highest BCUT2D eigenvalue weighted by Gasteiger charge is 2.00. The van der Waals surface area contributed by atoms with Gasteiger partial charge in [0.2, 0.25) is 0 Å². The van der Waals surface area contributed by atoms with Gasteiger partial charge in [-0.15, -0.1) is 11.6 Å². The molecule has 0 aliphatic rings. The molecule has 0 spiro atoms. The fraction of sp³-hybridized carbons (Fsp3) is 0.812. The molecule has 0 amide bonds. The molecule has 0 unspecified atom stereocenters. The molecule has 0 rings (SSSR count). The summed E-state index contributed by atoms with van der Waals surface area (Å²) >= 11 is 5.68. The molecule has 0 heterocycles. The fourth-order valence-electron chi connectivity index (χ4n) is 1.73. The Hall–Kier alpha value is -0.500. The minimum absolute atomic E-state index is 0.429. The summed E-state index contributed by atoms with van der Waals surface area (Å²) in [5, 5.41) is 4.04. The molecule has 0 saturated heterocycles. The van der Waals surface area contributed by atoms with Gasteiger partial charge in [-0.25, -0.2) is 0 Å². The van der Waals surface area contributed by atoms with E-state index < -0.39 is 0 Å². The SMILES string of the molecule is CCC/C=C(\CCCCCCCC)O/N=C(\C)CCl. The molecule has 0 atom stereocenters. The zero-order valence-corrected chi connectivity index (χ0v) is 13.6. The minimum Gasteiger partial charge on any atom is -0.362 e. The lowest BCUT2D eigenvalue weighted by molar-refractivity contribution is 0.212. The van der Waals surface area contributed by atoms with Crippen LogP contribution < -0.4 is 0 Å². The summed E-state index contributed by atoms with van der Waals surface area (Å²) in [5.74, 6) is 1.43. The van der Waals surface area contributed by atoms with Gasteiger partial charge in [0, 0.05) is 6.42 Å². The predicted octanol–water partition coefficient (Wildman–Crippen LogP) is 6.05. The lowest BCUT2D eigenvalue weighted by Crippen LogP contribution is -1.95. The van der Waals surface area contributed by atoms with Crippen molar-refractivity contribution in [3.8, 4) is 0 Å². The Bertz CT molecular complexity index is 261. The first-order valence-corrected chi connectivity index (χ1v) is 8.23. The van der Waals surface area contributed by atoms with Gasteiger partial charge >= 0.3 is 0 Å². The molecule has 0 saturated carbocycles. The highest BCUT2D eigenvalue weighted by Crippen LogP contribution is 2.14. The van der Waals surface area contributed by atoms with E-state index in [2.05, 4.69) is 25.1 Å². The molecule has 0 bridgehead atoms. The van der Waals surface area contributed by atoms with Crippen LogP contribution in [0.4, 0.5) is 0 Å². The van der Waals surface area contributed by atoms with E-state index in [1.807, 2.05) is 6.92 Å². The van der Waals surface area contributed by atoms with E-state index in [4.69, 9.17) is 16.4 Å². The van der Waals surface area contributed by atoms with Crippen molar-refractivity contribution in [1.29, 1.82) is 0 Å². The molecule has 0 radical (unpaired) electrons. The Morgan fingerprint density at radius 3 is 2.37 bits per heavy atom. The smallest absolute Gasteiger partial charge is 0.131 e. The second kappa shape index (κ2) is 13.9. The number of unbranched alkanes of at least 4 members (excludes halogenated alkanes) is 6. The van der Waals surface area contributed by atoms with Crippen molar-refractivity contribution in [2.45, 2.75) is 78.6 Å². The molecule has 0 N–H and O–H groups in total. The van der Waals surface area contributed by atoms with Crippen LogP contribution in [0.5, 0.6) is 0 Å². The summed E-state index contributed by atoms with van der Waals surface area (Å²) in [4.78, 5) is 5.49. The Kier molecular flexibility index (Phi) is 13.6. The van der Waals surface area contributed by atoms with Crippen LogP contribution in [0.15, 0.2) is 17.0 Å². The van der Waals surface area contributed by atoms with Crippen LogP contribution in [0.2, 0.25) is 0 Å². The molecule has 0 fully saturated rings. The predicted molar refractivity (Wildman–Crippen MR) is 85.9 cm³/mol. The molecule has 0 aromatic carbocycles. The Labute approximate surface area is 124 Å². The largest absolute Gasteiger partial charge is 0.362 e. The van der Waals surface area contributed by atoms with Crippen molar-refractivity contribution >= 4 is 17.3 Å². The number of oxime groups is 1. The van der Waals surface area contributed by atoms with E-state index in [1.165, 1.54) is 38.5 Å². The molecular weight excluding hydrogens is 258 g/mol. The molecular formula is C16H30ClNO. The molecule has 0 aliphatic carbocycles. The molecule has 3 heteroatoms. The molecule has 0 aromatic rings. The minimum atomic E-state index is 0.429. The summed E-state index contributed by atoms with van der Waals surface area (Å²) in [6.07, 6.45) is 13.2. The number of halogens is 1. The fourth-order valence-corrected chi connectivity index (χ4v) is 1.78. The Morgan fingerprint density at radius 1 is 1.05 bits per heavy atom. The third kappa shape index (κ3) is 12.3. The maximum Gasteiger partial charge on any atom is 0.131 e. The van der Waals surface area contributed by atoms with Gasteiger partial charge < -0.3 is 4.84 Å². The number of nitrogens with zero attached hydrogens (tertiary/aromatic N) is 1. The van der Waals surface area contributed by atoms with Gasteiger partial charge in [0.05, 0.1) is 11.6 Å². The van der Waals surface area contributed by atoms with Gasteiger partial charge in [-0.3, -0.25) is 0 Å². The zero-order valence-electron chi connectivity index (χ0n) is 12.9. The highest BCUT2D eigenvalue weighted by atomic mass is 35.5. The summed E-state index contributed by atoms with van der Waals surface area (Å²) < 4.78 is 0. The lowest BCUT2D eigenvalue weighted by Gasteiger charge is -2.06. The summed E-state index contributed by atoms with van der Waals surface area (Å²) in [6, 6.07) is 0. The number of hydrogen-bond acceptors (Lipinski definition) is 2. The van der Waals surface area contributed by atoms with Gasteiger partial charge in [-0.1, -0.05) is 57.5 Å². The van der Waals surface area contributed by atoms with Crippen LogP contribution in [0, 0.1) is 0 Å². The van der Waals surface area contributed by atoms with E-state index in [0.29, 0.717) is 5.88 Å². The second-order valence-electron chi connectivity index (χ2n) is 5.03. The van der Waals surface area contributed by atoms with Crippen LogP contribution in [0.25, 0.3) is 0 Å². The van der Waals surface area contributed by atoms with Crippen molar-refractivity contribution < 1.29 is 4.84 Å². The van der Waals surface area contributed by atoms with Gasteiger partial charge in [0.25, 0.3) is 0 Å². The summed E-state index contributed by atoms with van der Waals surface area (Å²) in [7, 11) is 0. The quantitative estimate of drug-likeness (QED) is 0.141. The number of alkyl halides is 1. The van der Waals surface area contributed by atoms with Crippen molar-refractivity contribution in [2.75, 3.05) is 5.88 Å². The first-order valence-electron chi connectivity index (χ1n) is 7.70. The van der Waals surface area contributed by atoms with Gasteiger partial charge in [-0.05, 0) is 25.8 Å². The maximum absolute atomic E-state index is 5.68. The third-order valence-electron chi connectivity index (χ3n) is 2.95. The van der Waals surface area contributed by atoms with Crippen LogP contribution in [-0.2, 0) is 4.84 Å². The molecule has 112 valence electrons. The first-order chi connectivity index (χ1) is 9.24. The lowest BCUT2D eigenvalue weighted by atomic mass is 10.1. The van der Waals surface area contributed by atoms with Crippen LogP contribution in [0.3, 0.4) is 0 Å². The number of hydrogen-bond donors (Lipinski definition) is 0. The second-order valence-corrected chi connectivity index (χ2v) is 5.30. The standard InChI is InChI=1S/C16H30ClNO/c1-4-6-8-9-10-11-13-16(12-7-5-2)19-18-15(3)14-17/h12H,4-11,13-14H2,1-3H3/b16-12+,18-15+. The molecule has 2 nitrogen and oxygen atoms in total. The van der Waals surface area contributed by atoms with E-state index in [0.717, 1.165) is 30.7 Å². The van der Waals surface area contributed by atoms with E-state index in [9.17, 15) is 0 Å². The molecule has 0 aromatic heterocycles.